The summed E-state index contributed by atoms with van der Waals surface area (Å²) < 4.78 is 19.0. The van der Waals surface area contributed by atoms with Gasteiger partial charge in [0.15, 0.2) is 5.16 Å². The lowest BCUT2D eigenvalue weighted by Gasteiger charge is -2.33. The van der Waals surface area contributed by atoms with Gasteiger partial charge in [-0.1, -0.05) is 29.4 Å². The summed E-state index contributed by atoms with van der Waals surface area (Å²) in [5.41, 5.74) is 0.674. The lowest BCUT2D eigenvalue weighted by molar-refractivity contribution is -0.119. The van der Waals surface area contributed by atoms with E-state index in [2.05, 4.69) is 20.2 Å². The van der Waals surface area contributed by atoms with Gasteiger partial charge in [0.2, 0.25) is 5.91 Å². The zero-order valence-corrected chi connectivity index (χ0v) is 16.6. The molecule has 1 aliphatic heterocycles. The molecule has 7 nitrogen and oxygen atoms in total. The van der Waals surface area contributed by atoms with Crippen molar-refractivity contribution in [2.75, 3.05) is 32.0 Å². The summed E-state index contributed by atoms with van der Waals surface area (Å²) in [5, 5.41) is 3.35. The fourth-order valence-electron chi connectivity index (χ4n) is 2.78. The van der Waals surface area contributed by atoms with Crippen LogP contribution in [-0.4, -0.2) is 58.9 Å². The molecule has 1 saturated heterocycles. The highest BCUT2D eigenvalue weighted by atomic mass is 35.5. The van der Waals surface area contributed by atoms with Crippen LogP contribution in [0.5, 0.6) is 0 Å². The third-order valence-electron chi connectivity index (χ3n) is 4.13. The first-order chi connectivity index (χ1) is 13.5. The van der Waals surface area contributed by atoms with Gasteiger partial charge in [-0.25, -0.2) is 9.37 Å². The van der Waals surface area contributed by atoms with Gasteiger partial charge >= 0.3 is 0 Å². The van der Waals surface area contributed by atoms with Crippen molar-refractivity contribution in [2.24, 2.45) is 0 Å². The number of ether oxygens (including phenoxy) is 1. The van der Waals surface area contributed by atoms with E-state index in [0.29, 0.717) is 31.4 Å². The average molecular weight is 427 g/mol. The Morgan fingerprint density at radius 1 is 1.46 bits per heavy atom. The number of hydrogen-bond donors (Lipinski definition) is 2. The van der Waals surface area contributed by atoms with Crippen LogP contribution in [0.2, 0.25) is 5.02 Å². The van der Waals surface area contributed by atoms with E-state index in [4.69, 9.17) is 16.3 Å². The number of H-pyrrole nitrogens is 1. The molecule has 10 heteroatoms. The van der Waals surface area contributed by atoms with Crippen molar-refractivity contribution in [3.05, 3.63) is 57.2 Å². The zero-order chi connectivity index (χ0) is 19.9. The summed E-state index contributed by atoms with van der Waals surface area (Å²) in [7, 11) is 0. The monoisotopic (exact) mass is 426 g/mol. The summed E-state index contributed by atoms with van der Waals surface area (Å²) in [4.78, 5) is 31.9. The molecule has 1 aromatic carbocycles. The minimum atomic E-state index is -0.430. The SMILES string of the molecule is O=C(CSc1nccc(=O)[nH]1)NCC1CN(Cc2ccc(F)c(Cl)c2)CCO1. The van der Waals surface area contributed by atoms with Crippen LogP contribution in [0.4, 0.5) is 4.39 Å². The fraction of sp³-hybridized carbons (Fsp3) is 0.389. The Balaban J connectivity index is 1.42. The van der Waals surface area contributed by atoms with Gasteiger partial charge in [0.1, 0.15) is 5.82 Å². The molecule has 1 aliphatic rings. The Bertz CT molecular complexity index is 882. The largest absolute Gasteiger partial charge is 0.374 e. The zero-order valence-electron chi connectivity index (χ0n) is 15.0. The highest BCUT2D eigenvalue weighted by Gasteiger charge is 2.21. The number of aromatic nitrogens is 2. The Morgan fingerprint density at radius 3 is 3.11 bits per heavy atom. The number of nitrogens with zero attached hydrogens (tertiary/aromatic N) is 2. The Labute approximate surface area is 170 Å². The predicted molar refractivity (Wildman–Crippen MR) is 105 cm³/mol. The van der Waals surface area contributed by atoms with Crippen molar-refractivity contribution < 1.29 is 13.9 Å². The molecule has 2 aromatic rings. The average Bonchev–Trinajstić information content (AvgIpc) is 2.68. The Morgan fingerprint density at radius 2 is 2.32 bits per heavy atom. The second-order valence-corrected chi connectivity index (χ2v) is 7.68. The molecule has 1 amide bonds. The van der Waals surface area contributed by atoms with E-state index in [0.717, 1.165) is 23.9 Å². The van der Waals surface area contributed by atoms with Gasteiger partial charge < -0.3 is 15.0 Å². The number of thioether (sulfide) groups is 1. The molecule has 28 heavy (non-hydrogen) atoms. The molecule has 3 rings (SSSR count). The summed E-state index contributed by atoms with van der Waals surface area (Å²) in [6, 6.07) is 6.02. The number of benzene rings is 1. The highest BCUT2D eigenvalue weighted by molar-refractivity contribution is 7.99. The molecule has 0 aliphatic carbocycles. The first kappa shape index (κ1) is 20.8. The van der Waals surface area contributed by atoms with Gasteiger partial charge in [-0.05, 0) is 17.7 Å². The number of aromatic amines is 1. The normalized spacial score (nSPS) is 17.4. The quantitative estimate of drug-likeness (QED) is 0.517. The van der Waals surface area contributed by atoms with Crippen molar-refractivity contribution in [1.82, 2.24) is 20.2 Å². The topological polar surface area (TPSA) is 87.3 Å². The summed E-state index contributed by atoms with van der Waals surface area (Å²) in [6.45, 7) is 2.98. The summed E-state index contributed by atoms with van der Waals surface area (Å²) >= 11 is 7.00. The molecule has 1 unspecified atom stereocenters. The fourth-order valence-corrected chi connectivity index (χ4v) is 3.66. The number of halogens is 2. The number of hydrogen-bond acceptors (Lipinski definition) is 6. The lowest BCUT2D eigenvalue weighted by atomic mass is 10.2. The van der Waals surface area contributed by atoms with Gasteiger partial charge in [-0.15, -0.1) is 0 Å². The summed E-state index contributed by atoms with van der Waals surface area (Å²) in [5.74, 6) is -0.444. The van der Waals surface area contributed by atoms with Crippen molar-refractivity contribution in [2.45, 2.75) is 17.8 Å². The molecule has 0 saturated carbocycles. The maximum Gasteiger partial charge on any atom is 0.251 e. The minimum Gasteiger partial charge on any atom is -0.374 e. The number of amides is 1. The Hall–Kier alpha value is -1.94. The van der Waals surface area contributed by atoms with E-state index in [9.17, 15) is 14.0 Å². The lowest BCUT2D eigenvalue weighted by Crippen LogP contribution is -2.47. The van der Waals surface area contributed by atoms with Crippen LogP contribution in [0.15, 0.2) is 40.4 Å². The second-order valence-electron chi connectivity index (χ2n) is 6.31. The van der Waals surface area contributed by atoms with Crippen molar-refractivity contribution >= 4 is 29.3 Å². The number of rotatable bonds is 7. The third-order valence-corrected chi connectivity index (χ3v) is 5.30. The van der Waals surface area contributed by atoms with E-state index in [-0.39, 0.29) is 28.3 Å². The number of nitrogens with one attached hydrogen (secondary N) is 2. The molecule has 0 radical (unpaired) electrons. The number of carbonyl (C=O) groups is 1. The molecular weight excluding hydrogens is 407 g/mol. The van der Waals surface area contributed by atoms with E-state index >= 15 is 0 Å². The molecule has 2 heterocycles. The maximum absolute atomic E-state index is 13.3. The number of carbonyl (C=O) groups excluding carboxylic acids is 1. The molecule has 1 atom stereocenters. The minimum absolute atomic E-state index is 0.112. The van der Waals surface area contributed by atoms with Gasteiger partial charge in [0.25, 0.3) is 5.56 Å². The molecule has 1 aromatic heterocycles. The maximum atomic E-state index is 13.3. The smallest absolute Gasteiger partial charge is 0.251 e. The van der Waals surface area contributed by atoms with E-state index in [1.54, 1.807) is 12.1 Å². The summed E-state index contributed by atoms with van der Waals surface area (Å²) in [6.07, 6.45) is 1.27. The van der Waals surface area contributed by atoms with E-state index < -0.39 is 5.82 Å². The van der Waals surface area contributed by atoms with Crippen molar-refractivity contribution in [3.63, 3.8) is 0 Å². The van der Waals surface area contributed by atoms with Crippen molar-refractivity contribution in [3.8, 4) is 0 Å². The van der Waals surface area contributed by atoms with Crippen molar-refractivity contribution in [1.29, 1.82) is 0 Å². The Kier molecular flexibility index (Phi) is 7.43. The van der Waals surface area contributed by atoms with Gasteiger partial charge in [-0.2, -0.15) is 0 Å². The van der Waals surface area contributed by atoms with Gasteiger partial charge in [0, 0.05) is 38.4 Å². The van der Waals surface area contributed by atoms with Crippen LogP contribution < -0.4 is 10.9 Å². The molecule has 1 fully saturated rings. The number of morpholine rings is 1. The van der Waals surface area contributed by atoms with Crippen LogP contribution in [-0.2, 0) is 16.1 Å². The first-order valence-electron chi connectivity index (χ1n) is 8.72. The van der Waals surface area contributed by atoms with E-state index in [1.807, 2.05) is 0 Å². The van der Waals surface area contributed by atoms with Crippen LogP contribution in [0.3, 0.4) is 0 Å². The molecule has 150 valence electrons. The van der Waals surface area contributed by atoms with E-state index in [1.165, 1.54) is 18.3 Å². The molecule has 2 N–H and O–H groups in total. The van der Waals surface area contributed by atoms with Crippen LogP contribution >= 0.6 is 23.4 Å². The van der Waals surface area contributed by atoms with Crippen LogP contribution in [0, 0.1) is 5.82 Å². The highest BCUT2D eigenvalue weighted by Crippen LogP contribution is 2.18. The third kappa shape index (κ3) is 6.30. The predicted octanol–water partition coefficient (Wildman–Crippen LogP) is 1.67. The van der Waals surface area contributed by atoms with Gasteiger partial charge in [-0.3, -0.25) is 14.5 Å². The standard InChI is InChI=1S/C18H20ClFN4O3S/c19-14-7-12(1-2-15(14)20)9-24-5-6-27-13(10-24)8-22-17(26)11-28-18-21-4-3-16(25)23-18/h1-4,7,13H,5-6,8-11H2,(H,22,26)(H,21,23,25). The van der Waals surface area contributed by atoms with Crippen LogP contribution in [0.25, 0.3) is 0 Å². The second kappa shape index (κ2) is 10.0. The molecule has 0 bridgehead atoms. The molecule has 0 spiro atoms. The van der Waals surface area contributed by atoms with Gasteiger partial charge in [0.05, 0.1) is 23.5 Å². The van der Waals surface area contributed by atoms with Crippen LogP contribution in [0.1, 0.15) is 5.56 Å². The molecular formula is C18H20ClFN4O3S. The first-order valence-corrected chi connectivity index (χ1v) is 10.1.